The van der Waals surface area contributed by atoms with Gasteiger partial charge in [0.2, 0.25) is 11.8 Å². The number of benzene rings is 2. The number of aryl methyl sites for hydroxylation is 2. The lowest BCUT2D eigenvalue weighted by molar-refractivity contribution is 0.104. The van der Waals surface area contributed by atoms with Crippen molar-refractivity contribution in [2.24, 2.45) is 17.3 Å². The molecule has 1 saturated carbocycles. The Balaban J connectivity index is 1.59. The van der Waals surface area contributed by atoms with Gasteiger partial charge in [0.15, 0.2) is 0 Å². The van der Waals surface area contributed by atoms with Crippen LogP contribution in [0.3, 0.4) is 0 Å². The molecule has 1 aliphatic carbocycles. The number of nitrogens with one attached hydrogen (secondary N) is 2. The van der Waals surface area contributed by atoms with Crippen molar-refractivity contribution in [3.8, 4) is 17.1 Å². The van der Waals surface area contributed by atoms with Crippen LogP contribution in [0.5, 0.6) is 5.88 Å². The summed E-state index contributed by atoms with van der Waals surface area (Å²) < 4.78 is 41.6. The Labute approximate surface area is 267 Å². The second-order valence-corrected chi connectivity index (χ2v) is 15.9. The van der Waals surface area contributed by atoms with E-state index in [0.29, 0.717) is 18.2 Å². The Hall–Kier alpha value is -3.66. The molecule has 1 unspecified atom stereocenters. The second kappa shape index (κ2) is 12.6. The number of ether oxygens (including phenoxy) is 2. The first-order valence-corrected chi connectivity index (χ1v) is 17.2. The number of carbonyl (C=O) groups is 1. The first kappa shape index (κ1) is 32.7. The maximum absolute atomic E-state index is 13.8. The van der Waals surface area contributed by atoms with Gasteiger partial charge in [-0.1, -0.05) is 51.1 Å². The number of anilines is 1. The highest BCUT2D eigenvalue weighted by molar-refractivity contribution is 7.92. The Morgan fingerprint density at radius 1 is 1.07 bits per heavy atom. The maximum atomic E-state index is 13.8. The number of fused-ring (bicyclic) bond motifs is 4. The molecule has 4 bridgehead atoms. The summed E-state index contributed by atoms with van der Waals surface area (Å²) in [4.78, 5) is 21.4. The summed E-state index contributed by atoms with van der Waals surface area (Å²) >= 11 is 0. The van der Waals surface area contributed by atoms with Gasteiger partial charge in [0.25, 0.3) is 10.0 Å². The number of methoxy groups -OCH3 is 1. The zero-order chi connectivity index (χ0) is 32.6. The fraction of sp³-hybridized carbons (Fsp3) is 0.514. The van der Waals surface area contributed by atoms with Crippen molar-refractivity contribution in [2.75, 3.05) is 18.4 Å². The number of aromatic nitrogens is 2. The topological polar surface area (TPSA) is 120 Å². The van der Waals surface area contributed by atoms with Crippen LogP contribution in [0.25, 0.3) is 11.3 Å². The molecule has 0 radical (unpaired) electrons. The first-order valence-electron chi connectivity index (χ1n) is 15.7. The lowest BCUT2D eigenvalue weighted by Gasteiger charge is -2.43. The first-order chi connectivity index (χ1) is 21.2. The molecular weight excluding hydrogens is 588 g/mol. The molecule has 1 aliphatic heterocycles. The molecular formula is C35H46N4O5S. The van der Waals surface area contributed by atoms with Crippen molar-refractivity contribution in [3.05, 3.63) is 65.2 Å². The molecule has 2 aromatic carbocycles. The Morgan fingerprint density at radius 2 is 1.73 bits per heavy atom. The van der Waals surface area contributed by atoms with E-state index in [1.54, 1.807) is 12.1 Å². The van der Waals surface area contributed by atoms with E-state index in [9.17, 15) is 13.2 Å². The minimum absolute atomic E-state index is 0.00946. The van der Waals surface area contributed by atoms with Crippen molar-refractivity contribution in [1.82, 2.24) is 15.3 Å². The van der Waals surface area contributed by atoms with Crippen molar-refractivity contribution >= 4 is 22.1 Å². The van der Waals surface area contributed by atoms with Crippen molar-refractivity contribution in [1.29, 1.82) is 0 Å². The number of carbonyl (C=O) groups excluding carboxylic acids is 1. The standard InChI is InChI=1S/C35H46N4O5S/c1-22-10-8-11-23(2)30(22)28-19-29-37-32(36-28)39-45(41,42)27-13-9-12-25(18-27)31(26(21-44-29)20-34(3,4)5)24-14-16-35(6,17-15-24)38-33(40)43-7/h8-13,18-19,24,26,31H,14-17,20-21H2,1-7H3,(H,38,40)(H,36,37,39)/t24?,26-,31?,35?/m1/s1. The molecule has 2 aliphatic rings. The molecule has 9 nitrogen and oxygen atoms in total. The number of alkyl carbamates (subject to hydrolysis) is 1. The summed E-state index contributed by atoms with van der Waals surface area (Å²) in [6.07, 6.45) is 3.77. The van der Waals surface area contributed by atoms with Gasteiger partial charge in [-0.2, -0.15) is 4.98 Å². The van der Waals surface area contributed by atoms with E-state index in [4.69, 9.17) is 9.47 Å². The normalized spacial score (nSPS) is 24.6. The van der Waals surface area contributed by atoms with Gasteiger partial charge in [0.1, 0.15) is 0 Å². The predicted octanol–water partition coefficient (Wildman–Crippen LogP) is 7.39. The number of rotatable bonds is 4. The average Bonchev–Trinajstić information content (AvgIpc) is 2.95. The van der Waals surface area contributed by atoms with E-state index in [-0.39, 0.29) is 39.6 Å². The number of amides is 1. The van der Waals surface area contributed by atoms with Gasteiger partial charge >= 0.3 is 6.09 Å². The van der Waals surface area contributed by atoms with Crippen LogP contribution in [0.15, 0.2) is 53.4 Å². The molecule has 10 heteroatoms. The van der Waals surface area contributed by atoms with Crippen molar-refractivity contribution in [2.45, 2.75) is 90.0 Å². The van der Waals surface area contributed by atoms with Gasteiger partial charge in [-0.15, -0.1) is 0 Å². The van der Waals surface area contributed by atoms with Gasteiger partial charge in [0.05, 0.1) is 24.3 Å². The van der Waals surface area contributed by atoms with Gasteiger partial charge < -0.3 is 14.8 Å². The van der Waals surface area contributed by atoms with Crippen LogP contribution in [-0.2, 0) is 14.8 Å². The van der Waals surface area contributed by atoms with E-state index >= 15 is 0 Å². The third-order valence-electron chi connectivity index (χ3n) is 9.28. The fourth-order valence-corrected chi connectivity index (χ4v) is 8.21. The van der Waals surface area contributed by atoms with Crippen LogP contribution in [-0.4, -0.2) is 43.7 Å². The Bertz CT molecular complexity index is 1640. The van der Waals surface area contributed by atoms with Gasteiger partial charge in [-0.05, 0) is 98.9 Å². The minimum Gasteiger partial charge on any atom is -0.477 e. The van der Waals surface area contributed by atoms with Crippen LogP contribution in [0.1, 0.15) is 82.4 Å². The summed E-state index contributed by atoms with van der Waals surface area (Å²) in [6.45, 7) is 13.2. The lowest BCUT2D eigenvalue weighted by Crippen LogP contribution is -2.49. The molecule has 45 heavy (non-hydrogen) atoms. The largest absolute Gasteiger partial charge is 0.477 e. The molecule has 0 spiro atoms. The highest BCUT2D eigenvalue weighted by Crippen LogP contribution is 2.47. The lowest BCUT2D eigenvalue weighted by atomic mass is 9.65. The minimum atomic E-state index is -4.00. The quantitative estimate of drug-likeness (QED) is 0.307. The maximum Gasteiger partial charge on any atom is 0.407 e. The van der Waals surface area contributed by atoms with Crippen molar-refractivity contribution in [3.63, 3.8) is 0 Å². The van der Waals surface area contributed by atoms with E-state index in [1.165, 1.54) is 7.11 Å². The molecule has 1 amide bonds. The van der Waals surface area contributed by atoms with Crippen LogP contribution >= 0.6 is 0 Å². The summed E-state index contributed by atoms with van der Waals surface area (Å²) in [5.41, 5.74) is 4.19. The van der Waals surface area contributed by atoms with Crippen LogP contribution < -0.4 is 14.8 Å². The molecule has 0 saturated heterocycles. The summed E-state index contributed by atoms with van der Waals surface area (Å²) in [5.74, 6) is 0.667. The Morgan fingerprint density at radius 3 is 2.38 bits per heavy atom. The molecule has 1 aromatic heterocycles. The van der Waals surface area contributed by atoms with Crippen LogP contribution in [0.4, 0.5) is 10.7 Å². The van der Waals surface area contributed by atoms with Gasteiger partial charge in [-0.3, -0.25) is 0 Å². The smallest absolute Gasteiger partial charge is 0.407 e. The molecule has 1 fully saturated rings. The van der Waals surface area contributed by atoms with E-state index in [2.05, 4.69) is 47.7 Å². The molecule has 2 N–H and O–H groups in total. The number of hydrogen-bond donors (Lipinski definition) is 2. The fourth-order valence-electron chi connectivity index (χ4n) is 7.22. The zero-order valence-electron chi connectivity index (χ0n) is 27.4. The Kier molecular flexibility index (Phi) is 9.18. The van der Waals surface area contributed by atoms with Gasteiger partial charge in [0, 0.05) is 23.1 Å². The summed E-state index contributed by atoms with van der Waals surface area (Å²) in [6, 6.07) is 15.1. The molecule has 3 aromatic rings. The zero-order valence-corrected chi connectivity index (χ0v) is 28.3. The monoisotopic (exact) mass is 634 g/mol. The van der Waals surface area contributed by atoms with Crippen molar-refractivity contribution < 1.29 is 22.7 Å². The molecule has 2 heterocycles. The molecule has 2 atom stereocenters. The molecule has 5 rings (SSSR count). The summed E-state index contributed by atoms with van der Waals surface area (Å²) in [5, 5.41) is 3.03. The summed E-state index contributed by atoms with van der Waals surface area (Å²) in [7, 11) is -2.62. The third-order valence-corrected chi connectivity index (χ3v) is 10.6. The van der Waals surface area contributed by atoms with Crippen LogP contribution in [0, 0.1) is 31.1 Å². The molecule has 242 valence electrons. The number of sulfonamides is 1. The van der Waals surface area contributed by atoms with Gasteiger partial charge in [-0.25, -0.2) is 22.9 Å². The van der Waals surface area contributed by atoms with E-state index in [1.807, 2.05) is 50.2 Å². The predicted molar refractivity (Wildman–Crippen MR) is 176 cm³/mol. The second-order valence-electron chi connectivity index (χ2n) is 14.2. The highest BCUT2D eigenvalue weighted by Gasteiger charge is 2.40. The SMILES string of the molecule is COC(=O)NC1(C)CCC(C2c3cccc(c3)S(=O)(=O)Nc3nc(cc(-c4c(C)cccc4C)n3)OC[C@H]2CC(C)(C)C)CC1. The number of hydrogen-bond acceptors (Lipinski definition) is 7. The van der Waals surface area contributed by atoms with E-state index < -0.39 is 16.1 Å². The third kappa shape index (κ3) is 7.60. The van der Waals surface area contributed by atoms with E-state index in [0.717, 1.165) is 54.4 Å². The average molecular weight is 635 g/mol. The van der Waals surface area contributed by atoms with Crippen LogP contribution in [0.2, 0.25) is 0 Å². The highest BCUT2D eigenvalue weighted by atomic mass is 32.2. The number of nitrogens with zero attached hydrogens (tertiary/aromatic N) is 2.